The van der Waals surface area contributed by atoms with Gasteiger partial charge in [-0.3, -0.25) is 4.90 Å². The molecule has 146 valence electrons. The van der Waals surface area contributed by atoms with Crippen LogP contribution in [-0.2, 0) is 12.8 Å². The molecule has 0 spiro atoms. The number of piperidine rings is 3. The SMILES string of the molecule is c1ccc2c(c1)CCC(C1C3CCN(CC3)C1C1NCCc3ccccc31)N2. The van der Waals surface area contributed by atoms with Crippen molar-refractivity contribution in [2.45, 2.75) is 50.2 Å². The zero-order valence-corrected chi connectivity index (χ0v) is 16.6. The third-order valence-electron chi connectivity index (χ3n) is 7.97. The number of nitrogens with zero attached hydrogens (tertiary/aromatic N) is 1. The van der Waals surface area contributed by atoms with E-state index >= 15 is 0 Å². The van der Waals surface area contributed by atoms with Crippen molar-refractivity contribution in [1.29, 1.82) is 0 Å². The molecule has 5 heterocycles. The summed E-state index contributed by atoms with van der Waals surface area (Å²) in [4.78, 5) is 2.83. The van der Waals surface area contributed by atoms with Crippen molar-refractivity contribution in [3.8, 4) is 0 Å². The van der Waals surface area contributed by atoms with Crippen molar-refractivity contribution in [3.63, 3.8) is 0 Å². The third kappa shape index (κ3) is 2.71. The number of hydrogen-bond donors (Lipinski definition) is 2. The Labute approximate surface area is 168 Å². The maximum absolute atomic E-state index is 3.99. The van der Waals surface area contributed by atoms with E-state index in [1.165, 1.54) is 56.4 Å². The Balaban J connectivity index is 1.36. The molecule has 2 aromatic rings. The lowest BCUT2D eigenvalue weighted by Gasteiger charge is -2.57. The van der Waals surface area contributed by atoms with Crippen molar-refractivity contribution in [1.82, 2.24) is 10.2 Å². The van der Waals surface area contributed by atoms with Crippen LogP contribution in [0.15, 0.2) is 48.5 Å². The lowest BCUT2D eigenvalue weighted by molar-refractivity contribution is -0.0387. The van der Waals surface area contributed by atoms with E-state index < -0.39 is 0 Å². The van der Waals surface area contributed by atoms with Gasteiger partial charge >= 0.3 is 0 Å². The molecule has 4 unspecified atom stereocenters. The van der Waals surface area contributed by atoms with Crippen LogP contribution in [0.1, 0.15) is 42.0 Å². The number of fused-ring (bicyclic) bond motifs is 5. The van der Waals surface area contributed by atoms with Crippen LogP contribution in [0.2, 0.25) is 0 Å². The van der Waals surface area contributed by atoms with Gasteiger partial charge in [0, 0.05) is 23.8 Å². The fourth-order valence-corrected chi connectivity index (χ4v) is 6.72. The summed E-state index contributed by atoms with van der Waals surface area (Å²) in [6.07, 6.45) is 6.43. The second-order valence-corrected chi connectivity index (χ2v) is 9.27. The van der Waals surface area contributed by atoms with E-state index in [2.05, 4.69) is 64.1 Å². The molecule has 28 heavy (non-hydrogen) atoms. The number of rotatable bonds is 2. The number of hydrogen-bond acceptors (Lipinski definition) is 3. The first-order chi connectivity index (χ1) is 13.9. The van der Waals surface area contributed by atoms with Gasteiger partial charge in [-0.25, -0.2) is 0 Å². The summed E-state index contributed by atoms with van der Waals surface area (Å²) in [5.41, 5.74) is 6.01. The number of para-hydroxylation sites is 1. The van der Waals surface area contributed by atoms with Crippen LogP contribution >= 0.6 is 0 Å². The standard InChI is InChI=1S/C25H31N3/c1-3-7-20-17(5-1)11-14-26-24(20)25-23(19-12-15-28(25)16-13-19)22-10-9-18-6-2-4-8-21(18)27-22/h1-8,19,22-27H,9-16H2. The Kier molecular flexibility index (Phi) is 4.20. The molecule has 7 rings (SSSR count). The Hall–Kier alpha value is -1.84. The zero-order chi connectivity index (χ0) is 18.5. The van der Waals surface area contributed by atoms with Crippen LogP contribution in [0.5, 0.6) is 0 Å². The fourth-order valence-electron chi connectivity index (χ4n) is 6.72. The lowest BCUT2D eigenvalue weighted by atomic mass is 9.65. The van der Waals surface area contributed by atoms with Crippen molar-refractivity contribution < 1.29 is 0 Å². The van der Waals surface area contributed by atoms with Crippen LogP contribution in [0, 0.1) is 11.8 Å². The predicted octanol–water partition coefficient (Wildman–Crippen LogP) is 4.01. The Bertz CT molecular complexity index is 854. The van der Waals surface area contributed by atoms with Crippen molar-refractivity contribution >= 4 is 5.69 Å². The second kappa shape index (κ2) is 6.89. The first-order valence-corrected chi connectivity index (χ1v) is 11.3. The lowest BCUT2D eigenvalue weighted by Crippen LogP contribution is -2.63. The van der Waals surface area contributed by atoms with E-state index in [-0.39, 0.29) is 0 Å². The minimum atomic E-state index is 0.483. The molecule has 2 aromatic carbocycles. The van der Waals surface area contributed by atoms with E-state index in [0.717, 1.165) is 18.4 Å². The molecule has 0 aromatic heterocycles. The summed E-state index contributed by atoms with van der Waals surface area (Å²) in [5, 5.41) is 7.94. The molecule has 3 fully saturated rings. The molecule has 5 aliphatic heterocycles. The molecule has 0 aliphatic carbocycles. The number of benzene rings is 2. The molecule has 2 bridgehead atoms. The predicted molar refractivity (Wildman–Crippen MR) is 115 cm³/mol. The summed E-state index contributed by atoms with van der Waals surface area (Å²) in [6, 6.07) is 19.8. The van der Waals surface area contributed by atoms with Gasteiger partial charge in [-0.1, -0.05) is 42.5 Å². The quantitative estimate of drug-likeness (QED) is 0.833. The topological polar surface area (TPSA) is 27.3 Å². The molecule has 3 nitrogen and oxygen atoms in total. The van der Waals surface area contributed by atoms with Crippen LogP contribution in [0.3, 0.4) is 0 Å². The van der Waals surface area contributed by atoms with Crippen LogP contribution in [0.4, 0.5) is 5.69 Å². The summed E-state index contributed by atoms with van der Waals surface area (Å²) in [6.45, 7) is 3.69. The molecule has 2 N–H and O–H groups in total. The van der Waals surface area contributed by atoms with Gasteiger partial charge in [0.1, 0.15) is 0 Å². The van der Waals surface area contributed by atoms with E-state index in [9.17, 15) is 0 Å². The maximum Gasteiger partial charge on any atom is 0.0484 e. The molecule has 0 amide bonds. The first kappa shape index (κ1) is 17.1. The van der Waals surface area contributed by atoms with E-state index in [1.807, 2.05) is 0 Å². The minimum absolute atomic E-state index is 0.483. The van der Waals surface area contributed by atoms with E-state index in [0.29, 0.717) is 18.1 Å². The monoisotopic (exact) mass is 373 g/mol. The molecule has 5 aliphatic rings. The zero-order valence-electron chi connectivity index (χ0n) is 16.6. The van der Waals surface area contributed by atoms with Crippen molar-refractivity contribution in [2.75, 3.05) is 25.0 Å². The van der Waals surface area contributed by atoms with Crippen molar-refractivity contribution in [3.05, 3.63) is 65.2 Å². The Morgan fingerprint density at radius 2 is 1.61 bits per heavy atom. The van der Waals surface area contributed by atoms with Gasteiger partial charge in [-0.2, -0.15) is 0 Å². The smallest absolute Gasteiger partial charge is 0.0484 e. The van der Waals surface area contributed by atoms with Gasteiger partial charge in [-0.15, -0.1) is 0 Å². The van der Waals surface area contributed by atoms with Gasteiger partial charge in [0.15, 0.2) is 0 Å². The minimum Gasteiger partial charge on any atom is -0.382 e. The van der Waals surface area contributed by atoms with E-state index in [1.54, 1.807) is 11.1 Å². The summed E-state index contributed by atoms with van der Waals surface area (Å²) >= 11 is 0. The summed E-state index contributed by atoms with van der Waals surface area (Å²) < 4.78 is 0. The highest BCUT2D eigenvalue weighted by atomic mass is 15.2. The number of aryl methyl sites for hydroxylation is 1. The molecule has 0 saturated carbocycles. The molecular weight excluding hydrogens is 342 g/mol. The first-order valence-electron chi connectivity index (χ1n) is 11.3. The van der Waals surface area contributed by atoms with Gasteiger partial charge in [-0.05, 0) is 86.3 Å². The normalized spacial score (nSPS) is 36.3. The molecule has 4 atom stereocenters. The highest BCUT2D eigenvalue weighted by Gasteiger charge is 2.49. The maximum atomic E-state index is 3.99. The van der Waals surface area contributed by atoms with Crippen LogP contribution < -0.4 is 10.6 Å². The van der Waals surface area contributed by atoms with E-state index in [4.69, 9.17) is 0 Å². The molecule has 0 radical (unpaired) electrons. The molecular formula is C25H31N3. The van der Waals surface area contributed by atoms with Gasteiger partial charge in [0.2, 0.25) is 0 Å². The molecule has 3 heteroatoms. The van der Waals surface area contributed by atoms with Crippen LogP contribution in [-0.4, -0.2) is 36.6 Å². The molecule has 3 saturated heterocycles. The number of nitrogens with one attached hydrogen (secondary N) is 2. The van der Waals surface area contributed by atoms with Gasteiger partial charge < -0.3 is 10.6 Å². The highest BCUT2D eigenvalue weighted by Crippen LogP contribution is 2.47. The Morgan fingerprint density at radius 3 is 2.50 bits per heavy atom. The van der Waals surface area contributed by atoms with Crippen molar-refractivity contribution in [2.24, 2.45) is 11.8 Å². The summed E-state index contributed by atoms with van der Waals surface area (Å²) in [7, 11) is 0. The highest BCUT2D eigenvalue weighted by molar-refractivity contribution is 5.54. The summed E-state index contributed by atoms with van der Waals surface area (Å²) in [5.74, 6) is 1.60. The third-order valence-corrected chi connectivity index (χ3v) is 7.97. The average Bonchev–Trinajstić information content (AvgIpc) is 2.78. The second-order valence-electron chi connectivity index (χ2n) is 9.27. The Morgan fingerprint density at radius 1 is 0.821 bits per heavy atom. The van der Waals surface area contributed by atoms with Crippen LogP contribution in [0.25, 0.3) is 0 Å². The largest absolute Gasteiger partial charge is 0.382 e. The fraction of sp³-hybridized carbons (Fsp3) is 0.520. The van der Waals surface area contributed by atoms with Gasteiger partial charge in [0.05, 0.1) is 0 Å². The number of anilines is 1. The van der Waals surface area contributed by atoms with Gasteiger partial charge in [0.25, 0.3) is 0 Å². The average molecular weight is 374 g/mol.